The predicted molar refractivity (Wildman–Crippen MR) is 104 cm³/mol. The Balaban J connectivity index is 1.37. The molecule has 0 atom stereocenters. The molecule has 1 aromatic heterocycles. The van der Waals surface area contributed by atoms with Gasteiger partial charge in [0.25, 0.3) is 5.91 Å². The van der Waals surface area contributed by atoms with E-state index in [1.807, 2.05) is 30.3 Å². The Morgan fingerprint density at radius 3 is 2.54 bits per heavy atom. The van der Waals surface area contributed by atoms with Gasteiger partial charge in [0.2, 0.25) is 5.91 Å². The van der Waals surface area contributed by atoms with E-state index in [1.165, 1.54) is 0 Å². The molecule has 0 unspecified atom stereocenters. The molecule has 3 aromatic rings. The molecule has 2 aromatic carbocycles. The molecule has 0 spiro atoms. The number of phenols is 1. The number of benzene rings is 2. The molecule has 0 fully saturated rings. The van der Waals surface area contributed by atoms with Crippen molar-refractivity contribution in [3.8, 4) is 17.1 Å². The van der Waals surface area contributed by atoms with Gasteiger partial charge in [-0.2, -0.15) is 0 Å². The third kappa shape index (κ3) is 5.44. The number of hydrogen-bond acceptors (Lipinski definition) is 5. The zero-order valence-corrected chi connectivity index (χ0v) is 15.2. The van der Waals surface area contributed by atoms with Gasteiger partial charge < -0.3 is 20.3 Å². The topological polar surface area (TPSA) is 104 Å². The minimum atomic E-state index is -0.322. The molecule has 0 aliphatic heterocycles. The van der Waals surface area contributed by atoms with Crippen LogP contribution in [0.1, 0.15) is 22.5 Å². The minimum absolute atomic E-state index is 0.135. The van der Waals surface area contributed by atoms with Crippen LogP contribution in [-0.4, -0.2) is 35.2 Å². The lowest BCUT2D eigenvalue weighted by Gasteiger charge is -2.06. The summed E-state index contributed by atoms with van der Waals surface area (Å²) in [4.78, 5) is 24.0. The fraction of sp³-hybridized carbons (Fsp3) is 0.190. The molecule has 0 radical (unpaired) electrons. The van der Waals surface area contributed by atoms with Crippen molar-refractivity contribution < 1.29 is 19.2 Å². The van der Waals surface area contributed by atoms with Gasteiger partial charge in [0.05, 0.1) is 6.42 Å². The number of rotatable bonds is 8. The highest BCUT2D eigenvalue weighted by molar-refractivity contribution is 5.93. The van der Waals surface area contributed by atoms with Gasteiger partial charge in [-0.3, -0.25) is 9.59 Å². The molecular weight excluding hydrogens is 358 g/mol. The van der Waals surface area contributed by atoms with Gasteiger partial charge in [0.15, 0.2) is 11.5 Å². The lowest BCUT2D eigenvalue weighted by molar-refractivity contribution is -0.120. The highest BCUT2D eigenvalue weighted by Gasteiger charge is 2.13. The minimum Gasteiger partial charge on any atom is -0.508 e. The van der Waals surface area contributed by atoms with Crippen LogP contribution in [0.5, 0.6) is 5.75 Å². The summed E-state index contributed by atoms with van der Waals surface area (Å²) in [5, 5.41) is 18.7. The van der Waals surface area contributed by atoms with Crippen molar-refractivity contribution in [3.05, 3.63) is 71.9 Å². The standard InChI is InChI=1S/C21H21N3O4/c25-17-9-4-6-15(12-17)13-20(26)22-10-5-11-23-21(27)18-14-19(28-24-18)16-7-2-1-3-8-16/h1-4,6-9,12,14,25H,5,10-11,13H2,(H,22,26)(H,23,27). The van der Waals surface area contributed by atoms with Crippen molar-refractivity contribution in [1.29, 1.82) is 0 Å². The third-order valence-corrected chi connectivity index (χ3v) is 4.04. The first-order valence-corrected chi connectivity index (χ1v) is 8.97. The molecule has 0 saturated carbocycles. The average Bonchev–Trinajstić information content (AvgIpc) is 3.19. The summed E-state index contributed by atoms with van der Waals surface area (Å²) >= 11 is 0. The van der Waals surface area contributed by atoms with E-state index in [0.29, 0.717) is 25.3 Å². The molecule has 0 bridgehead atoms. The SMILES string of the molecule is O=C(Cc1cccc(O)c1)NCCCNC(=O)c1cc(-c2ccccc2)on1. The van der Waals surface area contributed by atoms with E-state index < -0.39 is 0 Å². The number of aromatic nitrogens is 1. The van der Waals surface area contributed by atoms with Crippen molar-refractivity contribution in [2.75, 3.05) is 13.1 Å². The second-order valence-electron chi connectivity index (χ2n) is 6.25. The quantitative estimate of drug-likeness (QED) is 0.522. The normalized spacial score (nSPS) is 10.4. The first-order valence-electron chi connectivity index (χ1n) is 8.97. The van der Waals surface area contributed by atoms with Crippen molar-refractivity contribution in [3.63, 3.8) is 0 Å². The van der Waals surface area contributed by atoms with Crippen LogP contribution in [0.25, 0.3) is 11.3 Å². The van der Waals surface area contributed by atoms with Gasteiger partial charge in [-0.25, -0.2) is 0 Å². The van der Waals surface area contributed by atoms with Gasteiger partial charge in [-0.05, 0) is 24.1 Å². The van der Waals surface area contributed by atoms with Gasteiger partial charge in [0.1, 0.15) is 5.75 Å². The maximum Gasteiger partial charge on any atom is 0.273 e. The number of carbonyl (C=O) groups excluding carboxylic acids is 2. The van der Waals surface area contributed by atoms with Crippen LogP contribution in [0.15, 0.2) is 65.2 Å². The van der Waals surface area contributed by atoms with Gasteiger partial charge in [0, 0.05) is 24.7 Å². The molecule has 0 aliphatic rings. The second-order valence-corrected chi connectivity index (χ2v) is 6.25. The summed E-state index contributed by atoms with van der Waals surface area (Å²) < 4.78 is 5.21. The fourth-order valence-electron chi connectivity index (χ4n) is 2.64. The summed E-state index contributed by atoms with van der Waals surface area (Å²) in [6.45, 7) is 0.838. The van der Waals surface area contributed by atoms with E-state index in [2.05, 4.69) is 15.8 Å². The highest BCUT2D eigenvalue weighted by atomic mass is 16.5. The molecule has 3 rings (SSSR count). The third-order valence-electron chi connectivity index (χ3n) is 4.04. The zero-order chi connectivity index (χ0) is 19.8. The van der Waals surface area contributed by atoms with E-state index in [0.717, 1.165) is 11.1 Å². The maximum absolute atomic E-state index is 12.1. The molecule has 2 amide bonds. The van der Waals surface area contributed by atoms with E-state index in [9.17, 15) is 14.7 Å². The number of hydrogen-bond donors (Lipinski definition) is 3. The van der Waals surface area contributed by atoms with Gasteiger partial charge in [-0.15, -0.1) is 0 Å². The van der Waals surface area contributed by atoms with Gasteiger partial charge >= 0.3 is 0 Å². The molecule has 7 heteroatoms. The highest BCUT2D eigenvalue weighted by Crippen LogP contribution is 2.19. The molecule has 0 aliphatic carbocycles. The van der Waals surface area contributed by atoms with E-state index in [-0.39, 0.29) is 29.7 Å². The first kappa shape index (κ1) is 19.2. The summed E-state index contributed by atoms with van der Waals surface area (Å²) in [7, 11) is 0. The smallest absolute Gasteiger partial charge is 0.273 e. The van der Waals surface area contributed by atoms with Crippen LogP contribution < -0.4 is 10.6 Å². The van der Waals surface area contributed by atoms with Crippen molar-refractivity contribution in [2.24, 2.45) is 0 Å². The second kappa shape index (κ2) is 9.36. The molecule has 3 N–H and O–H groups in total. The van der Waals surface area contributed by atoms with E-state index >= 15 is 0 Å². The first-order chi connectivity index (χ1) is 13.6. The number of aromatic hydroxyl groups is 1. The number of carbonyl (C=O) groups is 2. The summed E-state index contributed by atoms with van der Waals surface area (Å²) in [5.74, 6) is 0.208. The van der Waals surface area contributed by atoms with Crippen molar-refractivity contribution >= 4 is 11.8 Å². The van der Waals surface area contributed by atoms with Crippen LogP contribution in [0, 0.1) is 0 Å². The molecule has 144 valence electrons. The molecule has 0 saturated heterocycles. The Bertz CT molecular complexity index is 938. The Morgan fingerprint density at radius 2 is 1.75 bits per heavy atom. The Hall–Kier alpha value is -3.61. The Labute approximate surface area is 162 Å². The summed E-state index contributed by atoms with van der Waals surface area (Å²) in [6, 6.07) is 17.6. The number of nitrogens with zero attached hydrogens (tertiary/aromatic N) is 1. The Kier molecular flexibility index (Phi) is 6.41. The van der Waals surface area contributed by atoms with Crippen molar-refractivity contribution in [1.82, 2.24) is 15.8 Å². The molecule has 7 nitrogen and oxygen atoms in total. The van der Waals surface area contributed by atoms with Crippen LogP contribution in [0.3, 0.4) is 0 Å². The Morgan fingerprint density at radius 1 is 0.964 bits per heavy atom. The van der Waals surface area contributed by atoms with E-state index in [1.54, 1.807) is 30.3 Å². The van der Waals surface area contributed by atoms with Gasteiger partial charge in [-0.1, -0.05) is 47.6 Å². The molecular formula is C21H21N3O4. The predicted octanol–water partition coefficient (Wildman–Crippen LogP) is 2.53. The van der Waals surface area contributed by atoms with E-state index in [4.69, 9.17) is 4.52 Å². The lowest BCUT2D eigenvalue weighted by atomic mass is 10.1. The summed E-state index contributed by atoms with van der Waals surface area (Å²) in [6.07, 6.45) is 0.781. The number of amides is 2. The molecule has 28 heavy (non-hydrogen) atoms. The lowest BCUT2D eigenvalue weighted by Crippen LogP contribution is -2.30. The number of nitrogens with one attached hydrogen (secondary N) is 2. The maximum atomic E-state index is 12.1. The largest absolute Gasteiger partial charge is 0.508 e. The monoisotopic (exact) mass is 379 g/mol. The van der Waals surface area contributed by atoms with Crippen molar-refractivity contribution in [2.45, 2.75) is 12.8 Å². The zero-order valence-electron chi connectivity index (χ0n) is 15.2. The van der Waals surface area contributed by atoms with Crippen LogP contribution >= 0.6 is 0 Å². The molecule has 1 heterocycles. The number of phenolic OH excluding ortho intramolecular Hbond substituents is 1. The fourth-order valence-corrected chi connectivity index (χ4v) is 2.64. The van der Waals surface area contributed by atoms with Crippen LogP contribution in [0.4, 0.5) is 0 Å². The average molecular weight is 379 g/mol. The van der Waals surface area contributed by atoms with Crippen LogP contribution in [0.2, 0.25) is 0 Å². The van der Waals surface area contributed by atoms with Crippen LogP contribution in [-0.2, 0) is 11.2 Å². The summed E-state index contributed by atoms with van der Waals surface area (Å²) in [5.41, 5.74) is 1.81.